The van der Waals surface area contributed by atoms with Gasteiger partial charge in [-0.3, -0.25) is 4.98 Å². The molecule has 0 saturated carbocycles. The van der Waals surface area contributed by atoms with Crippen LogP contribution in [0.5, 0.6) is 0 Å². The zero-order chi connectivity index (χ0) is 10.7. The Bertz CT molecular complexity index is 353. The van der Waals surface area contributed by atoms with Crippen molar-refractivity contribution < 1.29 is 9.53 Å². The number of carbonyl (C=O) groups excluding carboxylic acids is 1. The molecule has 0 bridgehead atoms. The summed E-state index contributed by atoms with van der Waals surface area (Å²) < 4.78 is 4.52. The first-order valence-corrected chi connectivity index (χ1v) is 4.43. The number of halogens is 1. The van der Waals surface area contributed by atoms with E-state index in [0.29, 0.717) is 16.3 Å². The minimum atomic E-state index is -0.462. The molecule has 0 aromatic carbocycles. The second-order valence-electron chi connectivity index (χ2n) is 2.87. The van der Waals surface area contributed by atoms with Crippen molar-refractivity contribution >= 4 is 17.6 Å². The van der Waals surface area contributed by atoms with Gasteiger partial charge in [-0.2, -0.15) is 0 Å². The molecule has 1 unspecified atom stereocenters. The summed E-state index contributed by atoms with van der Waals surface area (Å²) in [4.78, 5) is 15.1. The van der Waals surface area contributed by atoms with Gasteiger partial charge in [0.25, 0.3) is 0 Å². The summed E-state index contributed by atoms with van der Waals surface area (Å²) in [5, 5.41) is 0.378. The lowest BCUT2D eigenvalue weighted by Crippen LogP contribution is -2.10. The number of hydrogen-bond donors (Lipinski definition) is 1. The number of methoxy groups -OCH3 is 1. The molecule has 0 fully saturated rings. The smallest absolute Gasteiger partial charge is 0.339 e. The fourth-order valence-corrected chi connectivity index (χ4v) is 1.35. The molecular formula is C9H11ClN2O2. The van der Waals surface area contributed by atoms with Crippen LogP contribution in [0.1, 0.15) is 29.0 Å². The summed E-state index contributed by atoms with van der Waals surface area (Å²) in [5.41, 5.74) is 6.50. The third kappa shape index (κ3) is 2.21. The molecule has 0 spiro atoms. The van der Waals surface area contributed by atoms with E-state index in [0.717, 1.165) is 0 Å². The van der Waals surface area contributed by atoms with Crippen LogP contribution < -0.4 is 5.73 Å². The van der Waals surface area contributed by atoms with E-state index in [-0.39, 0.29) is 6.04 Å². The van der Waals surface area contributed by atoms with Crippen LogP contribution in [0.15, 0.2) is 12.3 Å². The molecule has 1 aromatic rings. The topological polar surface area (TPSA) is 65.2 Å². The second-order valence-corrected chi connectivity index (χ2v) is 3.28. The Hall–Kier alpha value is -1.13. The van der Waals surface area contributed by atoms with Crippen molar-refractivity contribution in [3.8, 4) is 0 Å². The predicted molar refractivity (Wildman–Crippen MR) is 53.2 cm³/mol. The lowest BCUT2D eigenvalue weighted by Gasteiger charge is -2.07. The van der Waals surface area contributed by atoms with Crippen molar-refractivity contribution in [3.05, 3.63) is 28.5 Å². The highest BCUT2D eigenvalue weighted by atomic mass is 35.5. The monoisotopic (exact) mass is 214 g/mol. The van der Waals surface area contributed by atoms with E-state index in [2.05, 4.69) is 9.72 Å². The Morgan fingerprint density at radius 1 is 1.71 bits per heavy atom. The van der Waals surface area contributed by atoms with Crippen LogP contribution in [0.4, 0.5) is 0 Å². The lowest BCUT2D eigenvalue weighted by atomic mass is 10.2. The van der Waals surface area contributed by atoms with Gasteiger partial charge in [-0.15, -0.1) is 0 Å². The molecule has 1 atom stereocenters. The highest BCUT2D eigenvalue weighted by molar-refractivity contribution is 6.31. The van der Waals surface area contributed by atoms with Crippen molar-refractivity contribution in [2.24, 2.45) is 5.73 Å². The van der Waals surface area contributed by atoms with Gasteiger partial charge in [0, 0.05) is 12.2 Å². The largest absolute Gasteiger partial charge is 0.465 e. The van der Waals surface area contributed by atoms with E-state index < -0.39 is 5.97 Å². The molecule has 5 heteroatoms. The Labute approximate surface area is 87.0 Å². The molecule has 14 heavy (non-hydrogen) atoms. The minimum absolute atomic E-state index is 0.255. The van der Waals surface area contributed by atoms with E-state index in [1.165, 1.54) is 19.4 Å². The van der Waals surface area contributed by atoms with Crippen LogP contribution in [-0.4, -0.2) is 18.1 Å². The number of pyridine rings is 1. The number of hydrogen-bond acceptors (Lipinski definition) is 4. The highest BCUT2D eigenvalue weighted by Crippen LogP contribution is 2.20. The van der Waals surface area contributed by atoms with Gasteiger partial charge in [-0.25, -0.2) is 4.79 Å². The molecule has 1 rings (SSSR count). The number of aromatic nitrogens is 1. The Kier molecular flexibility index (Phi) is 3.43. The van der Waals surface area contributed by atoms with Crippen LogP contribution in [0.3, 0.4) is 0 Å². The maximum absolute atomic E-state index is 11.1. The summed E-state index contributed by atoms with van der Waals surface area (Å²) in [7, 11) is 1.30. The van der Waals surface area contributed by atoms with Crippen LogP contribution >= 0.6 is 11.6 Å². The Morgan fingerprint density at radius 2 is 2.36 bits per heavy atom. The van der Waals surface area contributed by atoms with Crippen molar-refractivity contribution in [2.75, 3.05) is 7.11 Å². The summed E-state index contributed by atoms with van der Waals surface area (Å²) in [5.74, 6) is -0.462. The molecule has 76 valence electrons. The quantitative estimate of drug-likeness (QED) is 0.759. The third-order valence-corrected chi connectivity index (χ3v) is 2.02. The summed E-state index contributed by atoms with van der Waals surface area (Å²) in [6, 6.07) is 1.24. The number of rotatable bonds is 2. The van der Waals surface area contributed by atoms with Crippen LogP contribution in [-0.2, 0) is 4.74 Å². The zero-order valence-corrected chi connectivity index (χ0v) is 8.71. The van der Waals surface area contributed by atoms with Crippen molar-refractivity contribution in [3.63, 3.8) is 0 Å². The molecule has 4 nitrogen and oxygen atoms in total. The fraction of sp³-hybridized carbons (Fsp3) is 0.333. The van der Waals surface area contributed by atoms with Gasteiger partial charge < -0.3 is 10.5 Å². The minimum Gasteiger partial charge on any atom is -0.465 e. The summed E-state index contributed by atoms with van der Waals surface area (Å²) in [6.07, 6.45) is 1.40. The summed E-state index contributed by atoms with van der Waals surface area (Å²) >= 11 is 5.88. The van der Waals surface area contributed by atoms with Crippen molar-refractivity contribution in [2.45, 2.75) is 13.0 Å². The maximum atomic E-state index is 11.1. The molecule has 1 heterocycles. The van der Waals surface area contributed by atoms with Gasteiger partial charge in [0.05, 0.1) is 23.4 Å². The average molecular weight is 215 g/mol. The van der Waals surface area contributed by atoms with E-state index in [4.69, 9.17) is 17.3 Å². The first kappa shape index (κ1) is 10.9. The maximum Gasteiger partial charge on any atom is 0.339 e. The standard InChI is InChI=1S/C9H11ClN2O2/c1-5(11)8-7(10)3-6(4-12-8)9(13)14-2/h3-5H,11H2,1-2H3. The molecule has 0 radical (unpaired) electrons. The highest BCUT2D eigenvalue weighted by Gasteiger charge is 2.11. The average Bonchev–Trinajstić information content (AvgIpc) is 2.15. The van der Waals surface area contributed by atoms with Crippen LogP contribution in [0, 0.1) is 0 Å². The van der Waals surface area contributed by atoms with Gasteiger partial charge in [0.2, 0.25) is 0 Å². The Balaban J connectivity index is 3.06. The SMILES string of the molecule is COC(=O)c1cnc(C(C)N)c(Cl)c1. The zero-order valence-electron chi connectivity index (χ0n) is 7.95. The molecule has 1 aromatic heterocycles. The molecule has 0 aliphatic heterocycles. The fourth-order valence-electron chi connectivity index (χ4n) is 1.01. The predicted octanol–water partition coefficient (Wildman–Crippen LogP) is 1.54. The third-order valence-electron chi connectivity index (χ3n) is 1.72. The number of carbonyl (C=O) groups is 1. The molecular weight excluding hydrogens is 204 g/mol. The Morgan fingerprint density at radius 3 is 2.79 bits per heavy atom. The lowest BCUT2D eigenvalue weighted by molar-refractivity contribution is 0.0600. The number of ether oxygens (including phenoxy) is 1. The molecule has 0 aliphatic rings. The van der Waals surface area contributed by atoms with Gasteiger partial charge in [0.15, 0.2) is 0 Å². The summed E-state index contributed by atoms with van der Waals surface area (Å²) in [6.45, 7) is 1.77. The van der Waals surface area contributed by atoms with Crippen molar-refractivity contribution in [1.29, 1.82) is 0 Å². The van der Waals surface area contributed by atoms with Gasteiger partial charge in [0.1, 0.15) is 0 Å². The van der Waals surface area contributed by atoms with Gasteiger partial charge in [-0.1, -0.05) is 11.6 Å². The number of nitrogens with zero attached hydrogens (tertiary/aromatic N) is 1. The number of nitrogens with two attached hydrogens (primary N) is 1. The molecule has 2 N–H and O–H groups in total. The van der Waals surface area contributed by atoms with Crippen LogP contribution in [0.2, 0.25) is 5.02 Å². The van der Waals surface area contributed by atoms with E-state index in [1.807, 2.05) is 0 Å². The van der Waals surface area contributed by atoms with Crippen molar-refractivity contribution in [1.82, 2.24) is 4.98 Å². The molecule has 0 amide bonds. The van der Waals surface area contributed by atoms with Gasteiger partial charge in [-0.05, 0) is 13.0 Å². The first-order chi connectivity index (χ1) is 6.56. The van der Waals surface area contributed by atoms with E-state index in [9.17, 15) is 4.79 Å². The van der Waals surface area contributed by atoms with E-state index >= 15 is 0 Å². The molecule has 0 aliphatic carbocycles. The number of esters is 1. The van der Waals surface area contributed by atoms with E-state index in [1.54, 1.807) is 6.92 Å². The van der Waals surface area contributed by atoms with Crippen LogP contribution in [0.25, 0.3) is 0 Å². The van der Waals surface area contributed by atoms with Gasteiger partial charge >= 0.3 is 5.97 Å². The molecule has 0 saturated heterocycles. The second kappa shape index (κ2) is 4.39. The first-order valence-electron chi connectivity index (χ1n) is 4.05. The normalized spacial score (nSPS) is 12.3.